The first-order chi connectivity index (χ1) is 8.55. The van der Waals surface area contributed by atoms with E-state index >= 15 is 0 Å². The van der Waals surface area contributed by atoms with E-state index in [2.05, 4.69) is 20.8 Å². The lowest BCUT2D eigenvalue weighted by Gasteiger charge is -2.64. The molecule has 0 spiro atoms. The van der Waals surface area contributed by atoms with Gasteiger partial charge in [0, 0.05) is 13.2 Å². The maximum atomic E-state index is 5.68. The third-order valence-corrected chi connectivity index (χ3v) is 5.65. The third-order valence-electron chi connectivity index (χ3n) is 5.65. The highest BCUT2D eigenvalue weighted by molar-refractivity contribution is 6.19. The van der Waals surface area contributed by atoms with E-state index in [0.717, 1.165) is 19.1 Å². The molecule has 101 valence electrons. The molecule has 0 amide bonds. The van der Waals surface area contributed by atoms with Crippen molar-refractivity contribution in [2.75, 3.05) is 13.2 Å². The summed E-state index contributed by atoms with van der Waals surface area (Å²) in [5.74, 6) is 1.54. The lowest BCUT2D eigenvalue weighted by atomic mass is 9.43. The lowest BCUT2D eigenvalue weighted by Crippen LogP contribution is -2.65. The van der Waals surface area contributed by atoms with Gasteiger partial charge in [0.1, 0.15) is 0 Å². The highest BCUT2D eigenvalue weighted by Crippen LogP contribution is 2.65. The minimum Gasteiger partial charge on any atom is -0.407 e. The molecule has 0 aromatic rings. The van der Waals surface area contributed by atoms with Gasteiger partial charge in [0.2, 0.25) is 0 Å². The molecule has 0 aromatic heterocycles. The van der Waals surface area contributed by atoms with E-state index in [1.54, 1.807) is 7.69 Å². The summed E-state index contributed by atoms with van der Waals surface area (Å²) in [5.41, 5.74) is 0.436. The van der Waals surface area contributed by atoms with Crippen molar-refractivity contribution >= 4 is 7.69 Å². The van der Waals surface area contributed by atoms with Crippen molar-refractivity contribution in [1.82, 2.24) is 0 Å². The number of hydrogen-bond donors (Lipinski definition) is 0. The Morgan fingerprint density at radius 2 is 1.78 bits per heavy atom. The molecule has 3 saturated carbocycles. The van der Waals surface area contributed by atoms with Gasteiger partial charge in [-0.15, -0.1) is 0 Å². The van der Waals surface area contributed by atoms with Crippen LogP contribution in [0.1, 0.15) is 46.5 Å². The molecule has 2 aliphatic heterocycles. The van der Waals surface area contributed by atoms with Gasteiger partial charge < -0.3 is 14.0 Å². The summed E-state index contributed by atoms with van der Waals surface area (Å²) in [7, 11) is 1.56. The molecule has 2 heterocycles. The zero-order chi connectivity index (χ0) is 12.8. The fourth-order valence-electron chi connectivity index (χ4n) is 4.16. The Balaban J connectivity index is 0.000000169. The van der Waals surface area contributed by atoms with E-state index in [0.29, 0.717) is 17.4 Å². The Kier molecular flexibility index (Phi) is 3.24. The van der Waals surface area contributed by atoms with Crippen LogP contribution in [0.25, 0.3) is 0 Å². The zero-order valence-electron chi connectivity index (χ0n) is 11.8. The molecular weight excluding hydrogens is 227 g/mol. The Morgan fingerprint density at radius 1 is 1.06 bits per heavy atom. The van der Waals surface area contributed by atoms with Crippen LogP contribution in [-0.2, 0) is 14.0 Å². The molecule has 5 aliphatic rings. The summed E-state index contributed by atoms with van der Waals surface area (Å²) in [5, 5.41) is 0. The molecule has 5 rings (SSSR count). The second kappa shape index (κ2) is 4.50. The van der Waals surface area contributed by atoms with Crippen molar-refractivity contribution in [2.24, 2.45) is 17.3 Å². The first-order valence-corrected chi connectivity index (χ1v) is 7.28. The van der Waals surface area contributed by atoms with Crippen molar-refractivity contribution in [3.8, 4) is 0 Å². The van der Waals surface area contributed by atoms with E-state index < -0.39 is 0 Å². The predicted octanol–water partition coefficient (Wildman–Crippen LogP) is 2.56. The Labute approximate surface area is 111 Å². The van der Waals surface area contributed by atoms with Crippen LogP contribution in [0.5, 0.6) is 0 Å². The molecule has 0 aromatic carbocycles. The Hall–Kier alpha value is -0.0551. The number of rotatable bonds is 0. The highest BCUT2D eigenvalue weighted by atomic mass is 16.6. The fourth-order valence-corrected chi connectivity index (χ4v) is 4.16. The minimum absolute atomic E-state index is 0.0295. The van der Waals surface area contributed by atoms with Crippen LogP contribution in [0.3, 0.4) is 0 Å². The quantitative estimate of drug-likeness (QED) is 0.619. The van der Waals surface area contributed by atoms with Gasteiger partial charge in [-0.3, -0.25) is 0 Å². The van der Waals surface area contributed by atoms with Crippen molar-refractivity contribution in [2.45, 2.75) is 58.2 Å². The standard InChI is InChI=1S/C10H16BO2.C4H8O/c1-9(2)6-4-7(9)10(3)8(5-6)12-11-13-10;1-2-4-5-3-1/h6-8H,4-5H2,1-3H3;1-4H2/t6-,7+,8+,10-;/m0./s1. The van der Waals surface area contributed by atoms with Crippen LogP contribution in [-0.4, -0.2) is 32.6 Å². The summed E-state index contributed by atoms with van der Waals surface area (Å²) in [6, 6.07) is 0. The number of ether oxygens (including phenoxy) is 1. The molecule has 4 atom stereocenters. The molecule has 0 unspecified atom stereocenters. The SMILES string of the molecule is C1CCOC1.CC1(C)[C@H]2C[C@H]1[C@]1(C)O[B]O[C@@H]1C2. The van der Waals surface area contributed by atoms with Crippen molar-refractivity contribution in [1.29, 1.82) is 0 Å². The van der Waals surface area contributed by atoms with Crippen molar-refractivity contribution in [3.63, 3.8) is 0 Å². The maximum absolute atomic E-state index is 5.68. The fraction of sp³-hybridized carbons (Fsp3) is 1.00. The van der Waals surface area contributed by atoms with E-state index in [1.807, 2.05) is 0 Å². The molecule has 1 radical (unpaired) electrons. The van der Waals surface area contributed by atoms with Crippen LogP contribution in [0.2, 0.25) is 0 Å². The van der Waals surface area contributed by atoms with Gasteiger partial charge in [0.15, 0.2) is 0 Å². The van der Waals surface area contributed by atoms with E-state index in [4.69, 9.17) is 14.0 Å². The molecule has 2 saturated heterocycles. The van der Waals surface area contributed by atoms with Gasteiger partial charge in [-0.05, 0) is 49.9 Å². The smallest absolute Gasteiger partial charge is 0.407 e. The molecule has 3 nitrogen and oxygen atoms in total. The number of hydrogen-bond acceptors (Lipinski definition) is 3. The second-order valence-corrected chi connectivity index (χ2v) is 6.88. The first kappa shape index (κ1) is 13.0. The monoisotopic (exact) mass is 251 g/mol. The molecular formula is C14H24BO3. The average Bonchev–Trinajstić information content (AvgIpc) is 2.98. The Bertz CT molecular complexity index is 309. The summed E-state index contributed by atoms with van der Waals surface area (Å²) >= 11 is 0. The van der Waals surface area contributed by atoms with Crippen molar-refractivity contribution < 1.29 is 14.0 Å². The summed E-state index contributed by atoms with van der Waals surface area (Å²) in [4.78, 5) is 0. The molecule has 18 heavy (non-hydrogen) atoms. The van der Waals surface area contributed by atoms with Crippen molar-refractivity contribution in [3.05, 3.63) is 0 Å². The molecule has 4 heteroatoms. The van der Waals surface area contributed by atoms with Gasteiger partial charge in [0.25, 0.3) is 0 Å². The average molecular weight is 251 g/mol. The summed E-state index contributed by atoms with van der Waals surface area (Å²) < 4.78 is 16.1. The van der Waals surface area contributed by atoms with Crippen LogP contribution < -0.4 is 0 Å². The molecule has 3 aliphatic carbocycles. The molecule has 2 bridgehead atoms. The van der Waals surface area contributed by atoms with Crippen LogP contribution >= 0.6 is 0 Å². The predicted molar refractivity (Wildman–Crippen MR) is 70.2 cm³/mol. The van der Waals surface area contributed by atoms with Crippen LogP contribution in [0, 0.1) is 17.3 Å². The van der Waals surface area contributed by atoms with E-state index in [1.165, 1.54) is 25.7 Å². The van der Waals surface area contributed by atoms with Gasteiger partial charge in [0.05, 0.1) is 11.7 Å². The van der Waals surface area contributed by atoms with Gasteiger partial charge in [-0.1, -0.05) is 13.8 Å². The van der Waals surface area contributed by atoms with Gasteiger partial charge >= 0.3 is 7.69 Å². The zero-order valence-corrected chi connectivity index (χ0v) is 11.8. The van der Waals surface area contributed by atoms with E-state index in [-0.39, 0.29) is 5.60 Å². The summed E-state index contributed by atoms with van der Waals surface area (Å²) in [6.07, 6.45) is 5.39. The lowest BCUT2D eigenvalue weighted by molar-refractivity contribution is -0.199. The van der Waals surface area contributed by atoms with Crippen LogP contribution in [0.15, 0.2) is 0 Å². The summed E-state index contributed by atoms with van der Waals surface area (Å²) in [6.45, 7) is 8.95. The highest BCUT2D eigenvalue weighted by Gasteiger charge is 2.65. The van der Waals surface area contributed by atoms with Gasteiger partial charge in [-0.25, -0.2) is 0 Å². The third kappa shape index (κ3) is 1.84. The topological polar surface area (TPSA) is 27.7 Å². The molecule has 5 fully saturated rings. The largest absolute Gasteiger partial charge is 0.488 e. The van der Waals surface area contributed by atoms with Gasteiger partial charge in [-0.2, -0.15) is 0 Å². The van der Waals surface area contributed by atoms with E-state index in [9.17, 15) is 0 Å². The van der Waals surface area contributed by atoms with Crippen LogP contribution in [0.4, 0.5) is 0 Å². The normalized spacial score (nSPS) is 47.4. The second-order valence-electron chi connectivity index (χ2n) is 6.88. The first-order valence-electron chi connectivity index (χ1n) is 7.28. The molecule has 0 N–H and O–H groups in total. The minimum atomic E-state index is -0.0295. The maximum Gasteiger partial charge on any atom is 0.488 e. The Morgan fingerprint density at radius 3 is 2.33 bits per heavy atom.